The fourth-order valence-corrected chi connectivity index (χ4v) is 2.70. The lowest BCUT2D eigenvalue weighted by molar-refractivity contribution is 0.139. The van der Waals surface area contributed by atoms with E-state index in [-0.39, 0.29) is 0 Å². The summed E-state index contributed by atoms with van der Waals surface area (Å²) in [5.41, 5.74) is 0. The Morgan fingerprint density at radius 2 is 2.00 bits per heavy atom. The zero-order chi connectivity index (χ0) is 12.2. The lowest BCUT2D eigenvalue weighted by Gasteiger charge is -2.41. The van der Waals surface area contributed by atoms with Gasteiger partial charge in [0.15, 0.2) is 0 Å². The van der Waals surface area contributed by atoms with Gasteiger partial charge in [-0.25, -0.2) is 4.98 Å². The van der Waals surface area contributed by atoms with Crippen LogP contribution in [-0.2, 0) is 0 Å². The molecule has 3 heterocycles. The first-order valence-electron chi connectivity index (χ1n) is 6.77. The molecule has 2 aliphatic heterocycles. The van der Waals surface area contributed by atoms with Gasteiger partial charge < -0.3 is 10.2 Å². The molecule has 2 fully saturated rings. The quantitative estimate of drug-likeness (QED) is 0.753. The highest BCUT2D eigenvalue weighted by atomic mass is 15.4. The van der Waals surface area contributed by atoms with E-state index in [1.165, 1.54) is 0 Å². The van der Waals surface area contributed by atoms with Crippen LogP contribution in [0.2, 0.25) is 0 Å². The third-order valence-corrected chi connectivity index (χ3v) is 3.75. The second kappa shape index (κ2) is 5.65. The van der Waals surface area contributed by atoms with E-state index in [9.17, 15) is 0 Å². The first-order valence-corrected chi connectivity index (χ1v) is 6.77. The SMILES string of the molecule is c1ccc(N2CCN(C3CNCCN3)CC2)nc1. The van der Waals surface area contributed by atoms with Crippen LogP contribution in [0.15, 0.2) is 24.4 Å². The van der Waals surface area contributed by atoms with Crippen molar-refractivity contribution in [2.24, 2.45) is 0 Å². The molecule has 0 radical (unpaired) electrons. The Balaban J connectivity index is 1.54. The molecular weight excluding hydrogens is 226 g/mol. The fraction of sp³-hybridized carbons (Fsp3) is 0.615. The minimum absolute atomic E-state index is 0.504. The van der Waals surface area contributed by atoms with Crippen LogP contribution in [0.3, 0.4) is 0 Å². The Morgan fingerprint density at radius 1 is 1.11 bits per heavy atom. The van der Waals surface area contributed by atoms with Crippen LogP contribution in [0.1, 0.15) is 0 Å². The van der Waals surface area contributed by atoms with Crippen molar-refractivity contribution in [3.8, 4) is 0 Å². The van der Waals surface area contributed by atoms with Gasteiger partial charge in [0.25, 0.3) is 0 Å². The summed E-state index contributed by atoms with van der Waals surface area (Å²) >= 11 is 0. The molecule has 0 aliphatic carbocycles. The molecule has 1 unspecified atom stereocenters. The Labute approximate surface area is 108 Å². The highest BCUT2D eigenvalue weighted by Crippen LogP contribution is 2.13. The molecule has 0 aromatic carbocycles. The van der Waals surface area contributed by atoms with E-state index in [4.69, 9.17) is 0 Å². The number of nitrogens with zero attached hydrogens (tertiary/aromatic N) is 3. The molecule has 1 atom stereocenters. The standard InChI is InChI=1S/C13H21N5/c1-2-4-15-12(3-1)17-7-9-18(10-8-17)13-11-14-5-6-16-13/h1-4,13-14,16H,5-11H2. The summed E-state index contributed by atoms with van der Waals surface area (Å²) in [6, 6.07) is 6.12. The monoisotopic (exact) mass is 247 g/mol. The molecule has 18 heavy (non-hydrogen) atoms. The van der Waals surface area contributed by atoms with E-state index in [1.807, 2.05) is 12.3 Å². The molecule has 2 N–H and O–H groups in total. The molecule has 5 heteroatoms. The van der Waals surface area contributed by atoms with Gasteiger partial charge in [0.05, 0.1) is 6.17 Å². The lowest BCUT2D eigenvalue weighted by Crippen LogP contribution is -2.61. The van der Waals surface area contributed by atoms with Crippen LogP contribution in [0, 0.1) is 0 Å². The van der Waals surface area contributed by atoms with Crippen molar-refractivity contribution in [3.63, 3.8) is 0 Å². The minimum Gasteiger partial charge on any atom is -0.354 e. The first-order chi connectivity index (χ1) is 8.93. The largest absolute Gasteiger partial charge is 0.354 e. The summed E-state index contributed by atoms with van der Waals surface area (Å²) in [5.74, 6) is 1.10. The van der Waals surface area contributed by atoms with Gasteiger partial charge >= 0.3 is 0 Å². The van der Waals surface area contributed by atoms with E-state index < -0.39 is 0 Å². The summed E-state index contributed by atoms with van der Waals surface area (Å²) in [5, 5.41) is 7.02. The Hall–Kier alpha value is -1.17. The summed E-state index contributed by atoms with van der Waals surface area (Å²) < 4.78 is 0. The van der Waals surface area contributed by atoms with Gasteiger partial charge in [-0.3, -0.25) is 10.2 Å². The molecule has 0 spiro atoms. The van der Waals surface area contributed by atoms with E-state index in [0.29, 0.717) is 6.17 Å². The molecule has 0 amide bonds. The molecule has 2 saturated heterocycles. The average molecular weight is 247 g/mol. The van der Waals surface area contributed by atoms with Gasteiger partial charge in [-0.15, -0.1) is 0 Å². The predicted octanol–water partition coefficient (Wildman–Crippen LogP) is -0.277. The fourth-order valence-electron chi connectivity index (χ4n) is 2.70. The van der Waals surface area contributed by atoms with Crippen LogP contribution in [-0.4, -0.2) is 61.9 Å². The molecule has 0 bridgehead atoms. The lowest BCUT2D eigenvalue weighted by atomic mass is 10.2. The highest BCUT2D eigenvalue weighted by molar-refractivity contribution is 5.38. The van der Waals surface area contributed by atoms with Crippen molar-refractivity contribution in [2.75, 3.05) is 50.7 Å². The summed E-state index contributed by atoms with van der Waals surface area (Å²) in [6.45, 7) is 7.56. The van der Waals surface area contributed by atoms with Crippen LogP contribution in [0.4, 0.5) is 5.82 Å². The van der Waals surface area contributed by atoms with Crippen LogP contribution < -0.4 is 15.5 Å². The molecule has 0 saturated carbocycles. The molecule has 5 nitrogen and oxygen atoms in total. The van der Waals surface area contributed by atoms with Crippen molar-refractivity contribution >= 4 is 5.82 Å². The Kier molecular flexibility index (Phi) is 3.73. The maximum absolute atomic E-state index is 4.42. The maximum atomic E-state index is 4.42. The first kappa shape index (κ1) is 11.9. The number of hydrogen-bond donors (Lipinski definition) is 2. The van der Waals surface area contributed by atoms with E-state index in [2.05, 4.69) is 37.6 Å². The smallest absolute Gasteiger partial charge is 0.128 e. The maximum Gasteiger partial charge on any atom is 0.128 e. The van der Waals surface area contributed by atoms with Crippen LogP contribution >= 0.6 is 0 Å². The van der Waals surface area contributed by atoms with Gasteiger partial charge in [-0.2, -0.15) is 0 Å². The average Bonchev–Trinajstić information content (AvgIpc) is 2.49. The summed E-state index contributed by atoms with van der Waals surface area (Å²) in [7, 11) is 0. The van der Waals surface area contributed by atoms with Gasteiger partial charge in [-0.1, -0.05) is 6.07 Å². The van der Waals surface area contributed by atoms with Crippen molar-refractivity contribution < 1.29 is 0 Å². The number of aromatic nitrogens is 1. The van der Waals surface area contributed by atoms with Crippen molar-refractivity contribution in [1.82, 2.24) is 20.5 Å². The zero-order valence-electron chi connectivity index (χ0n) is 10.7. The van der Waals surface area contributed by atoms with Gasteiger partial charge in [-0.05, 0) is 12.1 Å². The zero-order valence-corrected chi connectivity index (χ0v) is 10.7. The van der Waals surface area contributed by atoms with Crippen molar-refractivity contribution in [3.05, 3.63) is 24.4 Å². The van der Waals surface area contributed by atoms with E-state index in [1.54, 1.807) is 0 Å². The van der Waals surface area contributed by atoms with Gasteiger partial charge in [0.1, 0.15) is 5.82 Å². The molecule has 1 aromatic rings. The number of rotatable bonds is 2. The van der Waals surface area contributed by atoms with Gasteiger partial charge in [0, 0.05) is 52.0 Å². The van der Waals surface area contributed by atoms with Crippen molar-refractivity contribution in [1.29, 1.82) is 0 Å². The molecule has 1 aromatic heterocycles. The molecule has 3 rings (SSSR count). The van der Waals surface area contributed by atoms with E-state index in [0.717, 1.165) is 51.6 Å². The Morgan fingerprint density at radius 3 is 2.67 bits per heavy atom. The van der Waals surface area contributed by atoms with Crippen molar-refractivity contribution in [2.45, 2.75) is 6.17 Å². The Bertz CT molecular complexity index is 355. The number of anilines is 1. The molecule has 2 aliphatic rings. The van der Waals surface area contributed by atoms with Gasteiger partial charge in [0.2, 0.25) is 0 Å². The third kappa shape index (κ3) is 2.63. The number of piperazine rings is 2. The molecular formula is C13H21N5. The van der Waals surface area contributed by atoms with E-state index >= 15 is 0 Å². The summed E-state index contributed by atoms with van der Waals surface area (Å²) in [6.07, 6.45) is 2.37. The normalized spacial score (nSPS) is 26.2. The highest BCUT2D eigenvalue weighted by Gasteiger charge is 2.24. The third-order valence-electron chi connectivity index (χ3n) is 3.75. The summed E-state index contributed by atoms with van der Waals surface area (Å²) in [4.78, 5) is 9.32. The number of hydrogen-bond acceptors (Lipinski definition) is 5. The second-order valence-corrected chi connectivity index (χ2v) is 4.88. The topological polar surface area (TPSA) is 43.4 Å². The second-order valence-electron chi connectivity index (χ2n) is 4.88. The molecule has 98 valence electrons. The predicted molar refractivity (Wildman–Crippen MR) is 72.7 cm³/mol. The number of pyridine rings is 1. The van der Waals surface area contributed by atoms with Crippen LogP contribution in [0.5, 0.6) is 0 Å². The number of nitrogens with one attached hydrogen (secondary N) is 2. The van der Waals surface area contributed by atoms with Crippen LogP contribution in [0.25, 0.3) is 0 Å². The minimum atomic E-state index is 0.504.